The van der Waals surface area contributed by atoms with Gasteiger partial charge in [-0.25, -0.2) is 9.59 Å². The summed E-state index contributed by atoms with van der Waals surface area (Å²) in [6.45, 7) is 3.52. The first kappa shape index (κ1) is 38.4. The molecule has 0 aliphatic heterocycles. The van der Waals surface area contributed by atoms with Gasteiger partial charge in [0.1, 0.15) is 11.5 Å². The van der Waals surface area contributed by atoms with Crippen molar-refractivity contribution in [1.82, 2.24) is 0 Å². The number of carboxylic acid groups (broad SMARTS) is 2. The number of ether oxygens (including phenoxy) is 4. The van der Waals surface area contributed by atoms with Crippen molar-refractivity contribution in [2.75, 3.05) is 26.4 Å². The van der Waals surface area contributed by atoms with Crippen molar-refractivity contribution < 1.29 is 181 Å². The van der Waals surface area contributed by atoms with Crippen molar-refractivity contribution in [3.8, 4) is 11.5 Å². The van der Waals surface area contributed by atoms with Crippen LogP contribution < -0.4 is 157 Å². The Kier molecular flexibility index (Phi) is 24.3. The number of halogens is 2. The van der Waals surface area contributed by atoms with Gasteiger partial charge in [0.2, 0.25) is 0 Å². The predicted octanol–water partition coefficient (Wildman–Crippen LogP) is -3.41. The van der Waals surface area contributed by atoms with Crippen molar-refractivity contribution in [2.24, 2.45) is 0 Å². The third-order valence-electron chi connectivity index (χ3n) is 3.33. The van der Waals surface area contributed by atoms with E-state index in [0.717, 1.165) is 0 Å². The fraction of sp³-hybridized carbons (Fsp3) is 0.286. The molecular formula is C21H20Cl2Cs2O9S. The van der Waals surface area contributed by atoms with E-state index in [1.165, 1.54) is 11.8 Å². The van der Waals surface area contributed by atoms with Crippen LogP contribution in [0.15, 0.2) is 46.2 Å². The van der Waals surface area contributed by atoms with Crippen molar-refractivity contribution in [3.05, 3.63) is 46.4 Å². The van der Waals surface area contributed by atoms with Crippen LogP contribution in [-0.4, -0.2) is 44.5 Å². The molecule has 0 spiro atoms. The van der Waals surface area contributed by atoms with Crippen LogP contribution in [0.3, 0.4) is 0 Å². The summed E-state index contributed by atoms with van der Waals surface area (Å²) in [5, 5.41) is 17.7. The molecule has 0 aliphatic rings. The molecule has 9 nitrogen and oxygen atoms in total. The Morgan fingerprint density at radius 1 is 0.771 bits per heavy atom. The maximum atomic E-state index is 11.6. The molecule has 0 heterocycles. The first-order valence-electron chi connectivity index (χ1n) is 9.38. The zero-order valence-electron chi connectivity index (χ0n) is 19.6. The van der Waals surface area contributed by atoms with E-state index in [1.54, 1.807) is 50.2 Å². The molecule has 0 amide bonds. The van der Waals surface area contributed by atoms with Crippen LogP contribution >= 0.6 is 35.0 Å². The van der Waals surface area contributed by atoms with Crippen LogP contribution in [0.2, 0.25) is 10.0 Å². The molecule has 0 saturated heterocycles. The molecule has 2 aromatic carbocycles. The fourth-order valence-electron chi connectivity index (χ4n) is 2.16. The van der Waals surface area contributed by atoms with Crippen molar-refractivity contribution >= 4 is 53.1 Å². The van der Waals surface area contributed by atoms with Crippen LogP contribution in [-0.2, 0) is 19.1 Å². The van der Waals surface area contributed by atoms with Gasteiger partial charge in [0, 0.05) is 10.0 Å². The van der Waals surface area contributed by atoms with Crippen LogP contribution in [0.4, 0.5) is 4.79 Å². The molecule has 0 aromatic heterocycles. The molecule has 0 bridgehead atoms. The first-order chi connectivity index (χ1) is 15.7. The van der Waals surface area contributed by atoms with Gasteiger partial charge in [-0.1, -0.05) is 35.0 Å². The summed E-state index contributed by atoms with van der Waals surface area (Å²) in [4.78, 5) is 32.8. The summed E-state index contributed by atoms with van der Waals surface area (Å²) < 4.78 is 20.9. The van der Waals surface area contributed by atoms with Gasteiger partial charge < -0.3 is 34.0 Å². The zero-order valence-corrected chi connectivity index (χ0v) is 34.5. The summed E-state index contributed by atoms with van der Waals surface area (Å²) >= 11 is 13.5. The van der Waals surface area contributed by atoms with Gasteiger partial charge in [0.25, 0.3) is 0 Å². The van der Waals surface area contributed by atoms with Crippen LogP contribution in [0.1, 0.15) is 13.8 Å². The Hall–Kier alpha value is 1.28. The normalized spacial score (nSPS) is 9.26. The molecule has 0 radical (unpaired) electrons. The van der Waals surface area contributed by atoms with Gasteiger partial charge in [-0.05, 0) is 56.4 Å². The van der Waals surface area contributed by atoms with E-state index in [4.69, 9.17) is 57.2 Å². The van der Waals surface area contributed by atoms with E-state index in [2.05, 4.69) is 0 Å². The Morgan fingerprint density at radius 3 is 1.43 bits per heavy atom. The minimum Gasteiger partial charge on any atom is -0.652 e. The largest absolute Gasteiger partial charge is 1.00 e. The molecule has 0 unspecified atom stereocenters. The number of hydrogen-bond donors (Lipinski definition) is 0. The Morgan fingerprint density at radius 2 is 1.11 bits per heavy atom. The van der Waals surface area contributed by atoms with Gasteiger partial charge in [0.15, 0.2) is 13.2 Å². The van der Waals surface area contributed by atoms with E-state index >= 15 is 0 Å². The second-order valence-electron chi connectivity index (χ2n) is 5.72. The number of hydrogen-bond acceptors (Lipinski definition) is 10. The summed E-state index contributed by atoms with van der Waals surface area (Å²) in [7, 11) is 0. The second kappa shape index (κ2) is 22.1. The van der Waals surface area contributed by atoms with Gasteiger partial charge >= 0.3 is 150 Å². The van der Waals surface area contributed by atoms with Crippen molar-refractivity contribution in [1.29, 1.82) is 0 Å². The molecule has 0 N–H and O–H groups in total. The third kappa shape index (κ3) is 17.5. The van der Waals surface area contributed by atoms with Gasteiger partial charge in [-0.15, -0.1) is 0 Å². The number of rotatable bonds is 10. The summed E-state index contributed by atoms with van der Waals surface area (Å²) in [5.41, 5.74) is 0. The molecule has 35 heavy (non-hydrogen) atoms. The summed E-state index contributed by atoms with van der Waals surface area (Å²) in [5.74, 6) is -0.0493. The smallest absolute Gasteiger partial charge is 0.652 e. The minimum atomic E-state index is -2.33. The van der Waals surface area contributed by atoms with E-state index in [1.807, 2.05) is 0 Å². The van der Waals surface area contributed by atoms with E-state index < -0.39 is 18.1 Å². The van der Waals surface area contributed by atoms with Crippen molar-refractivity contribution in [3.63, 3.8) is 0 Å². The van der Waals surface area contributed by atoms with Crippen molar-refractivity contribution in [2.45, 2.75) is 23.6 Å². The number of carbonyl (C=O) groups excluding carboxylic acids is 3. The molecule has 2 aromatic rings. The molecule has 14 heteroatoms. The maximum Gasteiger partial charge on any atom is 1.00 e. The number of benzene rings is 2. The molecule has 2 rings (SSSR count). The van der Waals surface area contributed by atoms with Crippen LogP contribution in [0.5, 0.6) is 11.5 Å². The van der Waals surface area contributed by atoms with Gasteiger partial charge in [0.05, 0.1) is 23.0 Å². The minimum absolute atomic E-state index is 0. The summed E-state index contributed by atoms with van der Waals surface area (Å²) in [6.07, 6.45) is -2.33. The standard InChI is InChI=1S/C20H20Cl2O6S.CH2O3.2Cs/c1-3-25-19(23)11-27-15-7-5-13(21)9-17(15)29-18-10-14(22)6-8-16(18)28-12-20(24)26-4-2;2-1(3)4;;/h5-10H,3-4,11-12H2,1-2H3;(H2,2,3,4);;/q;;2*+1/p-2. The zero-order chi connectivity index (χ0) is 24.8. The van der Waals surface area contributed by atoms with E-state index in [-0.39, 0.29) is 164 Å². The van der Waals surface area contributed by atoms with Gasteiger partial charge in [-0.2, -0.15) is 0 Å². The Balaban J connectivity index is 0. The average Bonchev–Trinajstić information content (AvgIpc) is 2.72. The Labute approximate surface area is 335 Å². The molecular weight excluding hydrogens is 765 g/mol. The second-order valence-corrected chi connectivity index (χ2v) is 7.68. The number of esters is 2. The topological polar surface area (TPSA) is 134 Å². The SMILES string of the molecule is CCOC(=O)COc1ccc(Cl)cc1Sc1cc(Cl)ccc1OCC(=O)OCC.O=C([O-])[O-].[Cs+].[Cs+]. The average molecular weight is 785 g/mol. The third-order valence-corrected chi connectivity index (χ3v) is 4.88. The fourth-order valence-corrected chi connectivity index (χ4v) is 3.70. The van der Waals surface area contributed by atoms with E-state index in [9.17, 15) is 9.59 Å². The predicted molar refractivity (Wildman–Crippen MR) is 117 cm³/mol. The molecule has 0 atom stereocenters. The van der Waals surface area contributed by atoms with Gasteiger partial charge in [-0.3, -0.25) is 0 Å². The molecule has 0 aliphatic carbocycles. The molecule has 0 saturated carbocycles. The number of carbonyl (C=O) groups is 3. The molecule has 180 valence electrons. The molecule has 0 fully saturated rings. The maximum absolute atomic E-state index is 11.6. The van der Waals surface area contributed by atoms with Crippen LogP contribution in [0.25, 0.3) is 0 Å². The quantitative estimate of drug-likeness (QED) is 0.225. The van der Waals surface area contributed by atoms with E-state index in [0.29, 0.717) is 31.3 Å². The first-order valence-corrected chi connectivity index (χ1v) is 10.9. The Bertz CT molecular complexity index is 891. The monoisotopic (exact) mass is 784 g/mol. The summed E-state index contributed by atoms with van der Waals surface area (Å²) in [6, 6.07) is 10.0. The van der Waals surface area contributed by atoms with Crippen LogP contribution in [0, 0.1) is 0 Å².